The van der Waals surface area contributed by atoms with E-state index in [-0.39, 0.29) is 11.5 Å². The minimum Gasteiger partial charge on any atom is -0.370 e. The van der Waals surface area contributed by atoms with E-state index >= 15 is 0 Å². The zero-order valence-electron chi connectivity index (χ0n) is 10.5. The van der Waals surface area contributed by atoms with E-state index in [0.717, 1.165) is 37.2 Å². The van der Waals surface area contributed by atoms with Gasteiger partial charge >= 0.3 is 0 Å². The third-order valence-corrected chi connectivity index (χ3v) is 5.78. The number of rotatable bonds is 2. The lowest BCUT2D eigenvalue weighted by Gasteiger charge is -2.56. The zero-order chi connectivity index (χ0) is 11.5. The molecule has 5 rings (SSSR count). The Morgan fingerprint density at radius 1 is 1.00 bits per heavy atom. The molecule has 4 saturated carbocycles. The van der Waals surface area contributed by atoms with Crippen LogP contribution in [0.3, 0.4) is 0 Å². The van der Waals surface area contributed by atoms with Crippen molar-refractivity contribution in [2.45, 2.75) is 57.5 Å². The topological polar surface area (TPSA) is 26.3 Å². The van der Waals surface area contributed by atoms with Gasteiger partial charge in [-0.2, -0.15) is 0 Å². The van der Waals surface area contributed by atoms with E-state index < -0.39 is 0 Å². The van der Waals surface area contributed by atoms with E-state index in [2.05, 4.69) is 0 Å². The second-order valence-electron chi connectivity index (χ2n) is 7.06. The summed E-state index contributed by atoms with van der Waals surface area (Å²) in [6.07, 6.45) is 9.86. The molecule has 4 bridgehead atoms. The third kappa shape index (κ3) is 1.53. The standard InChI is InChI=1S/C15H22O2/c16-14(13-2-1-3-17-13)15-7-10-4-11(8-15)6-12(5-10)9-15/h10-13H,1-9H2. The molecule has 0 N–H and O–H groups in total. The molecule has 5 aliphatic rings. The maximum atomic E-state index is 12.8. The van der Waals surface area contributed by atoms with Crippen molar-refractivity contribution in [2.75, 3.05) is 6.61 Å². The van der Waals surface area contributed by atoms with Crippen molar-refractivity contribution >= 4 is 5.78 Å². The fourth-order valence-electron chi connectivity index (χ4n) is 5.54. The summed E-state index contributed by atoms with van der Waals surface area (Å²) in [6, 6.07) is 0. The summed E-state index contributed by atoms with van der Waals surface area (Å²) >= 11 is 0. The molecule has 1 saturated heterocycles. The van der Waals surface area contributed by atoms with Crippen LogP contribution in [0.25, 0.3) is 0 Å². The summed E-state index contributed by atoms with van der Waals surface area (Å²) in [7, 11) is 0. The SMILES string of the molecule is O=C(C1CCCO1)C12CC3CC(CC(C3)C1)C2. The summed E-state index contributed by atoms with van der Waals surface area (Å²) < 4.78 is 5.65. The van der Waals surface area contributed by atoms with Crippen LogP contribution in [0.2, 0.25) is 0 Å². The normalized spacial score (nSPS) is 52.0. The van der Waals surface area contributed by atoms with E-state index in [4.69, 9.17) is 4.74 Å². The molecule has 1 aliphatic heterocycles. The van der Waals surface area contributed by atoms with Gasteiger partial charge in [-0.15, -0.1) is 0 Å². The molecule has 0 aromatic carbocycles. The predicted molar refractivity (Wildman–Crippen MR) is 64.6 cm³/mol. The lowest BCUT2D eigenvalue weighted by atomic mass is 9.48. The van der Waals surface area contributed by atoms with Crippen molar-refractivity contribution in [2.24, 2.45) is 23.2 Å². The highest BCUT2D eigenvalue weighted by molar-refractivity contribution is 5.89. The van der Waals surface area contributed by atoms with Gasteiger partial charge in [0, 0.05) is 12.0 Å². The molecule has 0 spiro atoms. The fourth-order valence-corrected chi connectivity index (χ4v) is 5.54. The zero-order valence-corrected chi connectivity index (χ0v) is 10.5. The molecular formula is C15H22O2. The summed E-state index contributed by atoms with van der Waals surface area (Å²) in [6.45, 7) is 0.808. The van der Waals surface area contributed by atoms with Crippen molar-refractivity contribution in [3.05, 3.63) is 0 Å². The van der Waals surface area contributed by atoms with Crippen LogP contribution in [0, 0.1) is 23.2 Å². The van der Waals surface area contributed by atoms with Crippen LogP contribution in [0.15, 0.2) is 0 Å². The van der Waals surface area contributed by atoms with Crippen molar-refractivity contribution in [3.8, 4) is 0 Å². The molecule has 0 radical (unpaired) electrons. The number of carbonyl (C=O) groups is 1. The highest BCUT2D eigenvalue weighted by Gasteiger charge is 2.55. The smallest absolute Gasteiger partial charge is 0.167 e. The lowest BCUT2D eigenvalue weighted by Crippen LogP contribution is -2.52. The summed E-state index contributed by atoms with van der Waals surface area (Å²) in [5.41, 5.74) is 0.0593. The van der Waals surface area contributed by atoms with Crippen LogP contribution < -0.4 is 0 Å². The number of hydrogen-bond donors (Lipinski definition) is 0. The molecule has 0 aromatic heterocycles. The van der Waals surface area contributed by atoms with Crippen LogP contribution in [0.5, 0.6) is 0 Å². The minimum atomic E-state index is -0.0359. The molecule has 5 fully saturated rings. The quantitative estimate of drug-likeness (QED) is 0.734. The Morgan fingerprint density at radius 3 is 2.06 bits per heavy atom. The van der Waals surface area contributed by atoms with Crippen LogP contribution in [0.4, 0.5) is 0 Å². The van der Waals surface area contributed by atoms with Crippen LogP contribution in [-0.4, -0.2) is 18.5 Å². The van der Waals surface area contributed by atoms with Gasteiger partial charge < -0.3 is 4.74 Å². The number of carbonyl (C=O) groups excluding carboxylic acids is 1. The van der Waals surface area contributed by atoms with Gasteiger partial charge in [0.15, 0.2) is 5.78 Å². The van der Waals surface area contributed by atoms with Crippen molar-refractivity contribution in [1.29, 1.82) is 0 Å². The van der Waals surface area contributed by atoms with E-state index in [1.54, 1.807) is 0 Å². The summed E-state index contributed by atoms with van der Waals surface area (Å²) in [5, 5.41) is 0. The van der Waals surface area contributed by atoms with Gasteiger partial charge in [-0.25, -0.2) is 0 Å². The van der Waals surface area contributed by atoms with Crippen LogP contribution in [0.1, 0.15) is 51.4 Å². The van der Waals surface area contributed by atoms with Crippen molar-refractivity contribution in [3.63, 3.8) is 0 Å². The molecule has 4 aliphatic carbocycles. The largest absolute Gasteiger partial charge is 0.370 e. The van der Waals surface area contributed by atoms with Gasteiger partial charge in [-0.3, -0.25) is 4.79 Å². The highest BCUT2D eigenvalue weighted by atomic mass is 16.5. The van der Waals surface area contributed by atoms with Gasteiger partial charge in [0.2, 0.25) is 0 Å². The number of ether oxygens (including phenoxy) is 1. The Morgan fingerprint density at radius 2 is 1.59 bits per heavy atom. The third-order valence-electron chi connectivity index (χ3n) is 5.78. The van der Waals surface area contributed by atoms with Crippen LogP contribution >= 0.6 is 0 Å². The average Bonchev–Trinajstić information content (AvgIpc) is 2.79. The maximum Gasteiger partial charge on any atom is 0.167 e. The van der Waals surface area contributed by atoms with Gasteiger partial charge in [0.1, 0.15) is 6.10 Å². The second-order valence-corrected chi connectivity index (χ2v) is 7.06. The molecule has 1 heterocycles. The predicted octanol–water partition coefficient (Wildman–Crippen LogP) is 2.95. The minimum absolute atomic E-state index is 0.0359. The van der Waals surface area contributed by atoms with E-state index in [1.165, 1.54) is 38.5 Å². The van der Waals surface area contributed by atoms with E-state index in [9.17, 15) is 4.79 Å². The molecule has 1 atom stereocenters. The Labute approximate surface area is 103 Å². The molecule has 2 heteroatoms. The fraction of sp³-hybridized carbons (Fsp3) is 0.933. The lowest BCUT2D eigenvalue weighted by molar-refractivity contribution is -0.153. The highest BCUT2D eigenvalue weighted by Crippen LogP contribution is 2.60. The molecule has 1 unspecified atom stereocenters. The summed E-state index contributed by atoms with van der Waals surface area (Å²) in [5.74, 6) is 3.10. The number of Topliss-reactive ketones (excluding diaryl/α,β-unsaturated/α-hetero) is 1. The Bertz CT molecular complexity index is 306. The molecule has 17 heavy (non-hydrogen) atoms. The Hall–Kier alpha value is -0.370. The molecule has 94 valence electrons. The summed E-state index contributed by atoms with van der Waals surface area (Å²) in [4.78, 5) is 12.8. The van der Waals surface area contributed by atoms with Gasteiger partial charge in [0.05, 0.1) is 0 Å². The first-order valence-corrected chi connectivity index (χ1v) is 7.41. The number of hydrogen-bond acceptors (Lipinski definition) is 2. The first-order valence-electron chi connectivity index (χ1n) is 7.41. The first kappa shape index (κ1) is 10.5. The van der Waals surface area contributed by atoms with Gasteiger partial charge in [-0.1, -0.05) is 0 Å². The molecule has 0 aromatic rings. The maximum absolute atomic E-state index is 12.8. The van der Waals surface area contributed by atoms with Crippen LogP contribution in [-0.2, 0) is 9.53 Å². The molecule has 0 amide bonds. The Kier molecular flexibility index (Phi) is 2.21. The van der Waals surface area contributed by atoms with Crippen molar-refractivity contribution < 1.29 is 9.53 Å². The van der Waals surface area contributed by atoms with E-state index in [0.29, 0.717) is 5.78 Å². The monoisotopic (exact) mass is 234 g/mol. The average molecular weight is 234 g/mol. The molecular weight excluding hydrogens is 212 g/mol. The van der Waals surface area contributed by atoms with Gasteiger partial charge in [0.25, 0.3) is 0 Å². The number of ketones is 1. The molecule has 2 nitrogen and oxygen atoms in total. The first-order chi connectivity index (χ1) is 8.25. The van der Waals surface area contributed by atoms with Crippen molar-refractivity contribution in [1.82, 2.24) is 0 Å². The van der Waals surface area contributed by atoms with E-state index in [1.807, 2.05) is 0 Å². The Balaban J connectivity index is 1.61. The second kappa shape index (κ2) is 3.57. The van der Waals surface area contributed by atoms with Gasteiger partial charge in [-0.05, 0) is 69.1 Å².